The van der Waals surface area contributed by atoms with Crippen LogP contribution in [0.3, 0.4) is 0 Å². The summed E-state index contributed by atoms with van der Waals surface area (Å²) in [4.78, 5) is 0. The molecule has 0 radical (unpaired) electrons. The molecule has 1 aromatic carbocycles. The first-order valence-corrected chi connectivity index (χ1v) is 7.76. The Morgan fingerprint density at radius 1 is 1.35 bits per heavy atom. The molecule has 1 saturated carbocycles. The summed E-state index contributed by atoms with van der Waals surface area (Å²) in [7, 11) is 1.70. The second kappa shape index (κ2) is 7.53. The van der Waals surface area contributed by atoms with E-state index in [-0.39, 0.29) is 0 Å². The molecule has 1 atom stereocenters. The molecule has 1 N–H and O–H groups in total. The van der Waals surface area contributed by atoms with Crippen molar-refractivity contribution < 1.29 is 9.47 Å². The van der Waals surface area contributed by atoms with Crippen molar-refractivity contribution in [3.05, 3.63) is 23.8 Å². The van der Waals surface area contributed by atoms with Crippen molar-refractivity contribution in [1.29, 1.82) is 0 Å². The number of hydrogen-bond donors (Lipinski definition) is 1. The van der Waals surface area contributed by atoms with Gasteiger partial charge in [-0.1, -0.05) is 26.3 Å². The van der Waals surface area contributed by atoms with Crippen LogP contribution in [0.4, 0.5) is 0 Å². The maximum absolute atomic E-state index is 6.03. The van der Waals surface area contributed by atoms with Gasteiger partial charge in [0.05, 0.1) is 13.7 Å². The molecule has 112 valence electrons. The van der Waals surface area contributed by atoms with Gasteiger partial charge in [0, 0.05) is 24.2 Å². The van der Waals surface area contributed by atoms with Crippen LogP contribution in [0.2, 0.25) is 0 Å². The van der Waals surface area contributed by atoms with Crippen LogP contribution in [0.15, 0.2) is 18.2 Å². The quantitative estimate of drug-likeness (QED) is 0.745. The van der Waals surface area contributed by atoms with E-state index in [9.17, 15) is 0 Å². The summed E-state index contributed by atoms with van der Waals surface area (Å²) in [5.74, 6) is 2.41. The smallest absolute Gasteiger partial charge is 0.127 e. The lowest BCUT2D eigenvalue weighted by atomic mass is 10.1. The van der Waals surface area contributed by atoms with Gasteiger partial charge < -0.3 is 14.8 Å². The van der Waals surface area contributed by atoms with E-state index < -0.39 is 0 Å². The van der Waals surface area contributed by atoms with Crippen LogP contribution in [0.5, 0.6) is 11.5 Å². The summed E-state index contributed by atoms with van der Waals surface area (Å²) >= 11 is 0. The molecule has 0 heterocycles. The molecule has 0 amide bonds. The van der Waals surface area contributed by atoms with Crippen LogP contribution in [0.1, 0.15) is 45.1 Å². The Hall–Kier alpha value is -1.22. The third-order valence-electron chi connectivity index (χ3n) is 3.74. The second-order valence-corrected chi connectivity index (χ2v) is 5.83. The molecule has 3 heteroatoms. The zero-order valence-electron chi connectivity index (χ0n) is 12.9. The molecule has 1 fully saturated rings. The molecule has 1 unspecified atom stereocenters. The van der Waals surface area contributed by atoms with Gasteiger partial charge in [-0.25, -0.2) is 0 Å². The fourth-order valence-electron chi connectivity index (χ4n) is 2.29. The van der Waals surface area contributed by atoms with Gasteiger partial charge in [-0.05, 0) is 31.2 Å². The summed E-state index contributed by atoms with van der Waals surface area (Å²) < 4.78 is 11.3. The van der Waals surface area contributed by atoms with Gasteiger partial charge in [-0.3, -0.25) is 0 Å². The Morgan fingerprint density at radius 3 is 2.80 bits per heavy atom. The highest BCUT2D eigenvalue weighted by atomic mass is 16.5. The van der Waals surface area contributed by atoms with E-state index in [4.69, 9.17) is 9.47 Å². The molecule has 0 aromatic heterocycles. The lowest BCUT2D eigenvalue weighted by molar-refractivity contribution is 0.248. The minimum absolute atomic E-state index is 0.593. The van der Waals surface area contributed by atoms with Gasteiger partial charge in [-0.15, -0.1) is 0 Å². The number of ether oxygens (including phenoxy) is 2. The van der Waals surface area contributed by atoms with E-state index in [1.54, 1.807) is 7.11 Å². The summed E-state index contributed by atoms with van der Waals surface area (Å²) in [5.41, 5.74) is 1.22. The van der Waals surface area contributed by atoms with Crippen molar-refractivity contribution in [3.8, 4) is 11.5 Å². The van der Waals surface area contributed by atoms with Gasteiger partial charge in [0.2, 0.25) is 0 Å². The van der Waals surface area contributed by atoms with Gasteiger partial charge in [-0.2, -0.15) is 0 Å². The van der Waals surface area contributed by atoms with Crippen LogP contribution in [0.25, 0.3) is 0 Å². The molecule has 3 nitrogen and oxygen atoms in total. The van der Waals surface area contributed by atoms with Crippen LogP contribution >= 0.6 is 0 Å². The van der Waals surface area contributed by atoms with E-state index in [2.05, 4.69) is 25.2 Å². The molecule has 0 bridgehead atoms. The highest BCUT2D eigenvalue weighted by molar-refractivity contribution is 5.40. The van der Waals surface area contributed by atoms with Crippen LogP contribution in [-0.4, -0.2) is 19.8 Å². The first-order valence-electron chi connectivity index (χ1n) is 7.76. The van der Waals surface area contributed by atoms with E-state index >= 15 is 0 Å². The number of benzene rings is 1. The van der Waals surface area contributed by atoms with Crippen molar-refractivity contribution in [2.45, 2.75) is 52.1 Å². The first kappa shape index (κ1) is 15.2. The van der Waals surface area contributed by atoms with Gasteiger partial charge in [0.1, 0.15) is 11.5 Å². The van der Waals surface area contributed by atoms with E-state index in [0.29, 0.717) is 12.0 Å². The monoisotopic (exact) mass is 277 g/mol. The molecule has 0 saturated heterocycles. The summed E-state index contributed by atoms with van der Waals surface area (Å²) in [6.07, 6.45) is 5.03. The fraction of sp³-hybridized carbons (Fsp3) is 0.647. The standard InChI is InChI=1S/C17H27NO2/c1-4-5-13(2)12-20-17-10-16(19-3)9-6-14(17)11-18-15-7-8-15/h6,9-10,13,15,18H,4-5,7-8,11-12H2,1-3H3. The fourth-order valence-corrected chi connectivity index (χ4v) is 2.29. The zero-order chi connectivity index (χ0) is 14.4. The van der Waals surface area contributed by atoms with Crippen LogP contribution in [0, 0.1) is 5.92 Å². The molecular formula is C17H27NO2. The number of rotatable bonds is 9. The Bertz CT molecular complexity index is 415. The third kappa shape index (κ3) is 4.71. The van der Waals surface area contributed by atoms with Gasteiger partial charge in [0.25, 0.3) is 0 Å². The Balaban J connectivity index is 1.97. The summed E-state index contributed by atoms with van der Waals surface area (Å²) in [5, 5.41) is 3.54. The number of nitrogens with one attached hydrogen (secondary N) is 1. The summed E-state index contributed by atoms with van der Waals surface area (Å²) in [6.45, 7) is 6.11. The Morgan fingerprint density at radius 2 is 2.15 bits per heavy atom. The lowest BCUT2D eigenvalue weighted by Crippen LogP contribution is -2.17. The van der Waals surface area contributed by atoms with Gasteiger partial charge >= 0.3 is 0 Å². The van der Waals surface area contributed by atoms with Crippen molar-refractivity contribution in [1.82, 2.24) is 5.32 Å². The molecule has 1 aliphatic rings. The number of methoxy groups -OCH3 is 1. The average Bonchev–Trinajstić information content (AvgIpc) is 3.27. The van der Waals surface area contributed by atoms with Crippen molar-refractivity contribution in [2.75, 3.05) is 13.7 Å². The predicted octanol–water partition coefficient (Wildman–Crippen LogP) is 3.76. The molecular weight excluding hydrogens is 250 g/mol. The van der Waals surface area contributed by atoms with E-state index in [1.807, 2.05) is 12.1 Å². The molecule has 2 rings (SSSR count). The molecule has 1 aromatic rings. The van der Waals surface area contributed by atoms with Crippen molar-refractivity contribution in [3.63, 3.8) is 0 Å². The highest BCUT2D eigenvalue weighted by Crippen LogP contribution is 2.27. The predicted molar refractivity (Wildman–Crippen MR) is 82.4 cm³/mol. The van der Waals surface area contributed by atoms with E-state index in [1.165, 1.54) is 31.2 Å². The summed E-state index contributed by atoms with van der Waals surface area (Å²) in [6, 6.07) is 6.83. The van der Waals surface area contributed by atoms with Crippen LogP contribution < -0.4 is 14.8 Å². The minimum atomic E-state index is 0.593. The molecule has 0 aliphatic heterocycles. The van der Waals surface area contributed by atoms with Gasteiger partial charge in [0.15, 0.2) is 0 Å². The first-order chi connectivity index (χ1) is 9.72. The highest BCUT2D eigenvalue weighted by Gasteiger charge is 2.20. The minimum Gasteiger partial charge on any atom is -0.497 e. The molecule has 1 aliphatic carbocycles. The topological polar surface area (TPSA) is 30.5 Å². The Labute approximate surface area is 122 Å². The maximum atomic E-state index is 6.03. The SMILES string of the molecule is CCCC(C)COc1cc(OC)ccc1CNC1CC1. The normalized spacial score (nSPS) is 15.9. The average molecular weight is 277 g/mol. The molecule has 0 spiro atoms. The third-order valence-corrected chi connectivity index (χ3v) is 3.74. The van der Waals surface area contributed by atoms with Crippen molar-refractivity contribution in [2.24, 2.45) is 5.92 Å². The maximum Gasteiger partial charge on any atom is 0.127 e. The van der Waals surface area contributed by atoms with Crippen LogP contribution in [-0.2, 0) is 6.54 Å². The largest absolute Gasteiger partial charge is 0.497 e. The molecule has 20 heavy (non-hydrogen) atoms. The number of hydrogen-bond acceptors (Lipinski definition) is 3. The Kier molecular flexibility index (Phi) is 5.72. The van der Waals surface area contributed by atoms with Crippen molar-refractivity contribution >= 4 is 0 Å². The van der Waals surface area contributed by atoms with E-state index in [0.717, 1.165) is 24.7 Å². The zero-order valence-corrected chi connectivity index (χ0v) is 12.9. The second-order valence-electron chi connectivity index (χ2n) is 5.83. The lowest BCUT2D eigenvalue weighted by Gasteiger charge is -2.16.